The second-order valence-electron chi connectivity index (χ2n) is 6.94. The lowest BCUT2D eigenvalue weighted by Gasteiger charge is -2.38. The van der Waals surface area contributed by atoms with E-state index in [1.165, 1.54) is 0 Å². The normalized spacial score (nSPS) is 23.8. The predicted molar refractivity (Wildman–Crippen MR) is 90.4 cm³/mol. The number of fused-ring (bicyclic) bond motifs is 3. The molecule has 1 aliphatic carbocycles. The van der Waals surface area contributed by atoms with Crippen LogP contribution in [0.25, 0.3) is 0 Å². The molecule has 9 nitrogen and oxygen atoms in total. The lowest BCUT2D eigenvalue weighted by atomic mass is 9.72. The van der Waals surface area contributed by atoms with Crippen molar-refractivity contribution in [2.75, 3.05) is 6.54 Å². The van der Waals surface area contributed by atoms with E-state index < -0.39 is 11.3 Å². The third-order valence-electron chi connectivity index (χ3n) is 5.27. The van der Waals surface area contributed by atoms with E-state index in [2.05, 4.69) is 20.4 Å². The van der Waals surface area contributed by atoms with Crippen molar-refractivity contribution in [3.63, 3.8) is 0 Å². The lowest BCUT2D eigenvalue weighted by molar-refractivity contribution is 0.0245. The molecule has 1 amide bonds. The summed E-state index contributed by atoms with van der Waals surface area (Å²) in [7, 11) is 0. The van der Waals surface area contributed by atoms with E-state index in [4.69, 9.17) is 9.26 Å². The third-order valence-corrected chi connectivity index (χ3v) is 5.27. The Morgan fingerprint density at radius 3 is 3.00 bits per heavy atom. The fourth-order valence-corrected chi connectivity index (χ4v) is 4.12. The SMILES string of the molecule is Cc1cc(C(=O)NCC[C@@]23CCCC[C@@H]2c2c([nH]c(=O)[nH]c2=O)O3)no1. The Kier molecular flexibility index (Phi) is 3.93. The van der Waals surface area contributed by atoms with Gasteiger partial charge in [0.25, 0.3) is 11.5 Å². The van der Waals surface area contributed by atoms with E-state index in [-0.39, 0.29) is 29.0 Å². The number of hydrogen-bond donors (Lipinski definition) is 3. The van der Waals surface area contributed by atoms with Gasteiger partial charge in [0.2, 0.25) is 5.88 Å². The van der Waals surface area contributed by atoms with Crippen molar-refractivity contribution in [2.24, 2.45) is 0 Å². The summed E-state index contributed by atoms with van der Waals surface area (Å²) in [5, 5.41) is 6.52. The molecule has 3 N–H and O–H groups in total. The van der Waals surface area contributed by atoms with Crippen molar-refractivity contribution < 1.29 is 14.1 Å². The van der Waals surface area contributed by atoms with Gasteiger partial charge in [0, 0.05) is 24.9 Å². The molecule has 0 radical (unpaired) electrons. The third kappa shape index (κ3) is 2.73. The molecule has 1 aliphatic heterocycles. The molecule has 2 aliphatic rings. The summed E-state index contributed by atoms with van der Waals surface area (Å²) in [5.41, 5.74) is -0.790. The van der Waals surface area contributed by atoms with Gasteiger partial charge >= 0.3 is 5.69 Å². The molecule has 1 fully saturated rings. The topological polar surface area (TPSA) is 130 Å². The summed E-state index contributed by atoms with van der Waals surface area (Å²) in [6.07, 6.45) is 4.10. The Hall–Kier alpha value is -2.84. The molecule has 0 bridgehead atoms. The van der Waals surface area contributed by atoms with E-state index in [9.17, 15) is 14.4 Å². The zero-order valence-electron chi connectivity index (χ0n) is 14.4. The summed E-state index contributed by atoms with van der Waals surface area (Å²) in [5.74, 6) is 0.438. The second kappa shape index (κ2) is 6.15. The van der Waals surface area contributed by atoms with Crippen molar-refractivity contribution >= 4 is 5.91 Å². The van der Waals surface area contributed by atoms with Crippen LogP contribution >= 0.6 is 0 Å². The average molecular weight is 360 g/mol. The van der Waals surface area contributed by atoms with Crippen LogP contribution < -0.4 is 21.3 Å². The highest BCUT2D eigenvalue weighted by atomic mass is 16.5. The Morgan fingerprint density at radius 1 is 1.38 bits per heavy atom. The maximum atomic E-state index is 12.3. The highest BCUT2D eigenvalue weighted by Crippen LogP contribution is 2.51. The molecule has 0 spiro atoms. The van der Waals surface area contributed by atoms with Gasteiger partial charge in [-0.15, -0.1) is 0 Å². The van der Waals surface area contributed by atoms with Crippen molar-refractivity contribution in [3.05, 3.63) is 43.9 Å². The molecular formula is C17H20N4O5. The van der Waals surface area contributed by atoms with Gasteiger partial charge in [-0.1, -0.05) is 11.6 Å². The van der Waals surface area contributed by atoms with Crippen LogP contribution in [0.4, 0.5) is 0 Å². The molecule has 0 aromatic carbocycles. The van der Waals surface area contributed by atoms with E-state index in [1.54, 1.807) is 13.0 Å². The first-order valence-corrected chi connectivity index (χ1v) is 8.75. The number of aromatic nitrogens is 3. The van der Waals surface area contributed by atoms with Crippen LogP contribution in [-0.2, 0) is 0 Å². The van der Waals surface area contributed by atoms with Crippen LogP contribution in [0.2, 0.25) is 0 Å². The van der Waals surface area contributed by atoms with Gasteiger partial charge in [0.1, 0.15) is 11.4 Å². The van der Waals surface area contributed by atoms with Gasteiger partial charge in [-0.05, 0) is 26.2 Å². The Labute approximate surface area is 148 Å². The van der Waals surface area contributed by atoms with Gasteiger partial charge in [-0.2, -0.15) is 0 Å². The summed E-state index contributed by atoms with van der Waals surface area (Å²) >= 11 is 0. The second-order valence-corrected chi connectivity index (χ2v) is 6.94. The van der Waals surface area contributed by atoms with E-state index in [0.29, 0.717) is 24.3 Å². The minimum Gasteiger partial charge on any atom is -0.471 e. The van der Waals surface area contributed by atoms with Gasteiger partial charge in [-0.3, -0.25) is 19.6 Å². The molecule has 4 rings (SSSR count). The van der Waals surface area contributed by atoms with Crippen molar-refractivity contribution in [3.8, 4) is 5.88 Å². The number of aryl methyl sites for hydroxylation is 1. The summed E-state index contributed by atoms with van der Waals surface area (Å²) in [6.45, 7) is 2.09. The number of ether oxygens (including phenoxy) is 1. The first kappa shape index (κ1) is 16.6. The Bertz CT molecular complexity index is 959. The van der Waals surface area contributed by atoms with Crippen molar-refractivity contribution in [2.45, 2.75) is 50.5 Å². The molecule has 2 atom stereocenters. The fourth-order valence-electron chi connectivity index (χ4n) is 4.12. The standard InChI is InChI=1S/C17H20N4O5/c1-9-8-11(21-26-9)13(22)18-7-6-17-5-3-2-4-10(17)12-14(23)19-16(24)20-15(12)25-17/h8,10H,2-7H2,1H3,(H,18,22)(H2,19,20,23,24)/t10-,17+/m1/s1. The first-order valence-electron chi connectivity index (χ1n) is 8.75. The molecule has 26 heavy (non-hydrogen) atoms. The zero-order chi connectivity index (χ0) is 18.3. The Balaban J connectivity index is 1.51. The zero-order valence-corrected chi connectivity index (χ0v) is 14.4. The van der Waals surface area contributed by atoms with Crippen LogP contribution in [0.1, 0.15) is 59.8 Å². The monoisotopic (exact) mass is 360 g/mol. The largest absolute Gasteiger partial charge is 0.471 e. The van der Waals surface area contributed by atoms with Crippen LogP contribution in [-0.4, -0.2) is 33.2 Å². The number of nitrogens with zero attached hydrogens (tertiary/aromatic N) is 1. The number of H-pyrrole nitrogens is 2. The fraction of sp³-hybridized carbons (Fsp3) is 0.529. The minimum atomic E-state index is -0.578. The van der Waals surface area contributed by atoms with Crippen molar-refractivity contribution in [1.29, 1.82) is 0 Å². The Morgan fingerprint density at radius 2 is 2.23 bits per heavy atom. The van der Waals surface area contributed by atoms with Crippen LogP contribution in [0.5, 0.6) is 5.88 Å². The number of rotatable bonds is 4. The molecule has 0 unspecified atom stereocenters. The quantitative estimate of drug-likeness (QED) is 0.745. The number of carbonyl (C=O) groups excluding carboxylic acids is 1. The van der Waals surface area contributed by atoms with Crippen LogP contribution in [0.3, 0.4) is 0 Å². The van der Waals surface area contributed by atoms with E-state index in [1.807, 2.05) is 0 Å². The van der Waals surface area contributed by atoms with Crippen LogP contribution in [0, 0.1) is 6.92 Å². The van der Waals surface area contributed by atoms with Gasteiger partial charge in [0.05, 0.1) is 5.56 Å². The van der Waals surface area contributed by atoms with Gasteiger partial charge in [0.15, 0.2) is 5.69 Å². The molecule has 2 aromatic rings. The van der Waals surface area contributed by atoms with Crippen molar-refractivity contribution in [1.82, 2.24) is 20.4 Å². The summed E-state index contributed by atoms with van der Waals surface area (Å²) < 4.78 is 11.0. The summed E-state index contributed by atoms with van der Waals surface area (Å²) in [4.78, 5) is 40.8. The lowest BCUT2D eigenvalue weighted by Crippen LogP contribution is -2.44. The van der Waals surface area contributed by atoms with Crippen LogP contribution in [0.15, 0.2) is 20.2 Å². The average Bonchev–Trinajstić information content (AvgIpc) is 3.15. The smallest absolute Gasteiger partial charge is 0.328 e. The number of hydrogen-bond acceptors (Lipinski definition) is 6. The molecule has 138 valence electrons. The highest BCUT2D eigenvalue weighted by molar-refractivity contribution is 5.92. The maximum Gasteiger partial charge on any atom is 0.328 e. The van der Waals surface area contributed by atoms with Gasteiger partial charge in [-0.25, -0.2) is 4.79 Å². The maximum absolute atomic E-state index is 12.3. The van der Waals surface area contributed by atoms with Gasteiger partial charge < -0.3 is 14.6 Å². The minimum absolute atomic E-state index is 0.0851. The predicted octanol–water partition coefficient (Wildman–Crippen LogP) is 0.969. The molecule has 9 heteroatoms. The first-order chi connectivity index (χ1) is 12.5. The number of carbonyl (C=O) groups is 1. The molecule has 3 heterocycles. The molecule has 0 saturated heterocycles. The summed E-state index contributed by atoms with van der Waals surface area (Å²) in [6, 6.07) is 1.57. The molecule has 1 saturated carbocycles. The molecule has 2 aromatic heterocycles. The number of nitrogens with one attached hydrogen (secondary N) is 3. The van der Waals surface area contributed by atoms with E-state index >= 15 is 0 Å². The number of amides is 1. The number of aromatic amines is 2. The van der Waals surface area contributed by atoms with E-state index in [0.717, 1.165) is 25.7 Å². The highest BCUT2D eigenvalue weighted by Gasteiger charge is 2.51. The molecular weight excluding hydrogens is 340 g/mol.